The summed E-state index contributed by atoms with van der Waals surface area (Å²) in [6.07, 6.45) is 1.24. The number of hydrogen-bond donors (Lipinski definition) is 0. The molecule has 2 atom stereocenters. The standard InChI is InChI=1S/C10H16O2S3/c1-3-9(11)12-10(14-4-2)8-7-13-5-6-15-8/h3,8,10H,1,4-7H2,2H3. The van der Waals surface area contributed by atoms with Gasteiger partial charge in [0.2, 0.25) is 0 Å². The summed E-state index contributed by atoms with van der Waals surface area (Å²) in [6, 6.07) is 0. The summed E-state index contributed by atoms with van der Waals surface area (Å²) in [5.41, 5.74) is -0.0155. The fraction of sp³-hybridized carbons (Fsp3) is 0.700. The maximum absolute atomic E-state index is 11.2. The summed E-state index contributed by atoms with van der Waals surface area (Å²) in [7, 11) is 0. The van der Waals surface area contributed by atoms with E-state index in [1.54, 1.807) is 11.8 Å². The molecule has 1 fully saturated rings. The van der Waals surface area contributed by atoms with Gasteiger partial charge in [0.15, 0.2) is 5.44 Å². The van der Waals surface area contributed by atoms with Gasteiger partial charge in [0.05, 0.1) is 5.25 Å². The van der Waals surface area contributed by atoms with E-state index < -0.39 is 0 Å². The van der Waals surface area contributed by atoms with E-state index in [1.807, 2.05) is 23.5 Å². The normalized spacial score (nSPS) is 23.1. The fourth-order valence-electron chi connectivity index (χ4n) is 1.21. The highest BCUT2D eigenvalue weighted by Crippen LogP contribution is 2.32. The molecule has 2 unspecified atom stereocenters. The Balaban J connectivity index is 2.46. The second-order valence-corrected chi connectivity index (χ2v) is 6.82. The molecule has 2 nitrogen and oxygen atoms in total. The second-order valence-electron chi connectivity index (χ2n) is 2.95. The third-order valence-corrected chi connectivity index (χ3v) is 5.97. The van der Waals surface area contributed by atoms with Crippen LogP contribution in [0, 0.1) is 0 Å². The second kappa shape index (κ2) is 7.52. The van der Waals surface area contributed by atoms with Crippen LogP contribution < -0.4 is 0 Å². The van der Waals surface area contributed by atoms with Gasteiger partial charge >= 0.3 is 5.97 Å². The lowest BCUT2D eigenvalue weighted by atomic mass is 10.5. The Kier molecular flexibility index (Phi) is 6.68. The third kappa shape index (κ3) is 4.74. The van der Waals surface area contributed by atoms with E-state index in [0.717, 1.165) is 17.3 Å². The monoisotopic (exact) mass is 264 g/mol. The van der Waals surface area contributed by atoms with Crippen LogP contribution in [-0.2, 0) is 9.53 Å². The largest absolute Gasteiger partial charge is 0.447 e. The maximum atomic E-state index is 11.2. The molecule has 1 saturated heterocycles. The molecule has 0 aromatic carbocycles. The van der Waals surface area contributed by atoms with Crippen molar-refractivity contribution >= 4 is 41.3 Å². The molecule has 0 aromatic rings. The molecule has 1 aliphatic rings. The number of esters is 1. The van der Waals surface area contributed by atoms with Crippen molar-refractivity contribution in [3.05, 3.63) is 12.7 Å². The van der Waals surface area contributed by atoms with Crippen LogP contribution in [0.2, 0.25) is 0 Å². The first-order valence-electron chi connectivity index (χ1n) is 4.92. The summed E-state index contributed by atoms with van der Waals surface area (Å²) in [5.74, 6) is 4.10. The molecule has 0 spiro atoms. The number of thioether (sulfide) groups is 3. The van der Waals surface area contributed by atoms with Gasteiger partial charge in [-0.15, -0.1) is 11.8 Å². The van der Waals surface area contributed by atoms with E-state index in [-0.39, 0.29) is 11.4 Å². The van der Waals surface area contributed by atoms with Crippen LogP contribution in [0.25, 0.3) is 0 Å². The van der Waals surface area contributed by atoms with Gasteiger partial charge in [0.1, 0.15) is 0 Å². The van der Waals surface area contributed by atoms with E-state index in [4.69, 9.17) is 4.74 Å². The minimum Gasteiger partial charge on any atom is -0.447 e. The Labute approximate surface area is 104 Å². The van der Waals surface area contributed by atoms with Gasteiger partial charge in [0.25, 0.3) is 0 Å². The lowest BCUT2D eigenvalue weighted by Crippen LogP contribution is -2.30. The first kappa shape index (κ1) is 13.3. The average molecular weight is 264 g/mol. The van der Waals surface area contributed by atoms with Gasteiger partial charge in [-0.1, -0.05) is 13.5 Å². The SMILES string of the molecule is C=CC(=O)OC(SCC)C1CSCCS1. The zero-order valence-corrected chi connectivity index (χ0v) is 11.3. The van der Waals surface area contributed by atoms with Gasteiger partial charge < -0.3 is 4.74 Å². The van der Waals surface area contributed by atoms with Crippen LogP contribution in [0.4, 0.5) is 0 Å². The number of carbonyl (C=O) groups is 1. The first-order valence-corrected chi connectivity index (χ1v) is 8.17. The summed E-state index contributed by atoms with van der Waals surface area (Å²) < 4.78 is 5.35. The van der Waals surface area contributed by atoms with Gasteiger partial charge in [-0.3, -0.25) is 0 Å². The van der Waals surface area contributed by atoms with Crippen molar-refractivity contribution in [2.75, 3.05) is 23.0 Å². The molecular formula is C10H16O2S3. The Bertz CT molecular complexity index is 215. The molecule has 15 heavy (non-hydrogen) atoms. The molecule has 0 amide bonds. The molecule has 0 aromatic heterocycles. The van der Waals surface area contributed by atoms with Crippen LogP contribution in [-0.4, -0.2) is 39.7 Å². The van der Waals surface area contributed by atoms with E-state index in [1.165, 1.54) is 11.8 Å². The summed E-state index contributed by atoms with van der Waals surface area (Å²) >= 11 is 5.55. The molecule has 0 aliphatic carbocycles. The zero-order valence-electron chi connectivity index (χ0n) is 8.81. The van der Waals surface area contributed by atoms with E-state index in [2.05, 4.69) is 13.5 Å². The molecule has 0 N–H and O–H groups in total. The molecule has 1 aliphatic heterocycles. The molecule has 1 heterocycles. The highest BCUT2D eigenvalue weighted by Gasteiger charge is 2.27. The molecule has 86 valence electrons. The Morgan fingerprint density at radius 3 is 3.07 bits per heavy atom. The molecule has 0 bridgehead atoms. The predicted octanol–water partition coefficient (Wildman–Crippen LogP) is 2.64. The number of ether oxygens (including phenoxy) is 1. The Hall–Kier alpha value is 0.260. The van der Waals surface area contributed by atoms with Crippen molar-refractivity contribution < 1.29 is 9.53 Å². The van der Waals surface area contributed by atoms with Crippen LogP contribution in [0.1, 0.15) is 6.92 Å². The Morgan fingerprint density at radius 2 is 2.53 bits per heavy atom. The highest BCUT2D eigenvalue weighted by molar-refractivity contribution is 8.08. The van der Waals surface area contributed by atoms with Crippen molar-refractivity contribution in [1.29, 1.82) is 0 Å². The highest BCUT2D eigenvalue weighted by atomic mass is 32.2. The van der Waals surface area contributed by atoms with E-state index >= 15 is 0 Å². The Morgan fingerprint density at radius 1 is 1.73 bits per heavy atom. The van der Waals surface area contributed by atoms with Gasteiger partial charge in [-0.05, 0) is 5.75 Å². The molecule has 1 rings (SSSR count). The maximum Gasteiger partial charge on any atom is 0.331 e. The first-order chi connectivity index (χ1) is 7.27. The van der Waals surface area contributed by atoms with Crippen molar-refractivity contribution in [2.24, 2.45) is 0 Å². The fourth-order valence-corrected chi connectivity index (χ4v) is 5.22. The van der Waals surface area contributed by atoms with Crippen molar-refractivity contribution in [2.45, 2.75) is 17.6 Å². The lowest BCUT2D eigenvalue weighted by Gasteiger charge is -2.28. The lowest BCUT2D eigenvalue weighted by molar-refractivity contribution is -0.139. The number of hydrogen-bond acceptors (Lipinski definition) is 5. The van der Waals surface area contributed by atoms with E-state index in [0.29, 0.717) is 5.25 Å². The van der Waals surface area contributed by atoms with Gasteiger partial charge in [-0.2, -0.15) is 23.5 Å². The van der Waals surface area contributed by atoms with Crippen molar-refractivity contribution in [3.8, 4) is 0 Å². The van der Waals surface area contributed by atoms with Crippen LogP contribution >= 0.6 is 35.3 Å². The predicted molar refractivity (Wildman–Crippen MR) is 71.8 cm³/mol. The van der Waals surface area contributed by atoms with Crippen LogP contribution in [0.15, 0.2) is 12.7 Å². The molecule has 5 heteroatoms. The van der Waals surface area contributed by atoms with Crippen LogP contribution in [0.3, 0.4) is 0 Å². The number of rotatable bonds is 5. The summed E-state index contributed by atoms with van der Waals surface area (Å²) in [5, 5.41) is 0.428. The smallest absolute Gasteiger partial charge is 0.331 e. The van der Waals surface area contributed by atoms with Gasteiger partial charge in [-0.25, -0.2) is 4.79 Å². The van der Waals surface area contributed by atoms with Crippen molar-refractivity contribution in [3.63, 3.8) is 0 Å². The third-order valence-electron chi connectivity index (χ3n) is 1.88. The number of carbonyl (C=O) groups excluding carboxylic acids is 1. The minimum absolute atomic E-state index is 0.0155. The average Bonchev–Trinajstić information content (AvgIpc) is 2.29. The molecular weight excluding hydrogens is 248 g/mol. The molecule has 0 saturated carbocycles. The van der Waals surface area contributed by atoms with Crippen LogP contribution in [0.5, 0.6) is 0 Å². The summed E-state index contributed by atoms with van der Waals surface area (Å²) in [6.45, 7) is 5.51. The van der Waals surface area contributed by atoms with Crippen molar-refractivity contribution in [1.82, 2.24) is 0 Å². The quantitative estimate of drug-likeness (QED) is 0.432. The summed E-state index contributed by atoms with van der Waals surface area (Å²) in [4.78, 5) is 11.2. The minimum atomic E-state index is -0.308. The zero-order chi connectivity index (χ0) is 11.1. The van der Waals surface area contributed by atoms with Gasteiger partial charge in [0, 0.05) is 23.3 Å². The van der Waals surface area contributed by atoms with E-state index in [9.17, 15) is 4.79 Å². The molecule has 0 radical (unpaired) electrons. The topological polar surface area (TPSA) is 26.3 Å².